The summed E-state index contributed by atoms with van der Waals surface area (Å²) >= 11 is 6.27. The topological polar surface area (TPSA) is 47.7 Å². The smallest absolute Gasteiger partial charge is 0.129 e. The first-order valence-electron chi connectivity index (χ1n) is 12.6. The molecule has 0 spiro atoms. The Balaban J connectivity index is 1.49. The predicted molar refractivity (Wildman–Crippen MR) is 146 cm³/mol. The number of halogens is 2. The van der Waals surface area contributed by atoms with Gasteiger partial charge in [-0.3, -0.25) is 9.29 Å². The zero-order valence-electron chi connectivity index (χ0n) is 20.6. The first-order chi connectivity index (χ1) is 17.5. The first-order valence-corrected chi connectivity index (χ1v) is 13.0. The second kappa shape index (κ2) is 10.9. The van der Waals surface area contributed by atoms with E-state index in [9.17, 15) is 4.39 Å². The molecule has 5 rings (SSSR count). The number of nitrogens with two attached hydrogens (primary N) is 1. The average molecular weight is 507 g/mol. The van der Waals surface area contributed by atoms with Crippen LogP contribution in [-0.2, 0) is 0 Å². The van der Waals surface area contributed by atoms with Gasteiger partial charge in [0.05, 0.1) is 13.3 Å². The molecule has 0 saturated carbocycles. The van der Waals surface area contributed by atoms with E-state index < -0.39 is 0 Å². The lowest BCUT2D eigenvalue weighted by Crippen LogP contribution is -2.26. The van der Waals surface area contributed by atoms with Crippen LogP contribution >= 0.6 is 11.6 Å². The Morgan fingerprint density at radius 2 is 1.89 bits per heavy atom. The minimum Gasteiger partial charge on any atom is -0.493 e. The van der Waals surface area contributed by atoms with Crippen LogP contribution in [0.4, 0.5) is 10.1 Å². The number of aryl methyl sites for hydroxylation is 1. The number of hydrogen-bond acceptors (Lipinski definition) is 4. The van der Waals surface area contributed by atoms with Crippen LogP contribution in [-0.4, -0.2) is 43.9 Å². The minimum atomic E-state index is -0.266. The van der Waals surface area contributed by atoms with Gasteiger partial charge in [0.25, 0.3) is 0 Å². The van der Waals surface area contributed by atoms with Crippen molar-refractivity contribution in [3.05, 3.63) is 87.9 Å². The standard InChI is InChI=1S/C30H32ClFN2O2/c1-20-17-22(31)5-9-26(20)27-12-16-35-29-18-23(33)6-10-28(29)30(27)21-3-7-24(8-4-21)36-25-11-15-34(19-25)14-2-13-32/h3-10,17-18,25H,2,11-16,19,33H2,1H3. The second-order valence-electron chi connectivity index (χ2n) is 9.56. The Morgan fingerprint density at radius 1 is 1.08 bits per heavy atom. The number of likely N-dealkylation sites (tertiary alicyclic amines) is 1. The van der Waals surface area contributed by atoms with E-state index in [-0.39, 0.29) is 12.8 Å². The molecular weight excluding hydrogens is 475 g/mol. The predicted octanol–water partition coefficient (Wildman–Crippen LogP) is 6.78. The van der Waals surface area contributed by atoms with Crippen molar-refractivity contribution in [3.63, 3.8) is 0 Å². The summed E-state index contributed by atoms with van der Waals surface area (Å²) in [5.41, 5.74) is 13.6. The molecule has 1 fully saturated rings. The lowest BCUT2D eigenvalue weighted by Gasteiger charge is -2.19. The zero-order chi connectivity index (χ0) is 25.1. The number of fused-ring (bicyclic) bond motifs is 1. The molecule has 1 atom stereocenters. The van der Waals surface area contributed by atoms with Crippen molar-refractivity contribution in [1.29, 1.82) is 0 Å². The molecule has 1 saturated heterocycles. The molecule has 36 heavy (non-hydrogen) atoms. The Hall–Kier alpha value is -3.02. The van der Waals surface area contributed by atoms with E-state index in [1.54, 1.807) is 0 Å². The van der Waals surface area contributed by atoms with Gasteiger partial charge >= 0.3 is 0 Å². The van der Waals surface area contributed by atoms with Crippen LogP contribution in [0.25, 0.3) is 11.1 Å². The van der Waals surface area contributed by atoms with E-state index in [0.29, 0.717) is 18.7 Å². The van der Waals surface area contributed by atoms with Crippen LogP contribution in [0.5, 0.6) is 11.5 Å². The van der Waals surface area contributed by atoms with Crippen LogP contribution < -0.4 is 15.2 Å². The zero-order valence-corrected chi connectivity index (χ0v) is 21.4. The van der Waals surface area contributed by atoms with Gasteiger partial charge in [0, 0.05) is 48.4 Å². The molecule has 188 valence electrons. The van der Waals surface area contributed by atoms with Gasteiger partial charge in [0.2, 0.25) is 0 Å². The number of benzene rings is 3. The minimum absolute atomic E-state index is 0.136. The maximum absolute atomic E-state index is 12.5. The monoisotopic (exact) mass is 506 g/mol. The second-order valence-corrected chi connectivity index (χ2v) is 10.00. The van der Waals surface area contributed by atoms with Crippen molar-refractivity contribution in [1.82, 2.24) is 4.90 Å². The van der Waals surface area contributed by atoms with Crippen LogP contribution in [0, 0.1) is 6.92 Å². The van der Waals surface area contributed by atoms with Gasteiger partial charge < -0.3 is 15.2 Å². The van der Waals surface area contributed by atoms with Gasteiger partial charge in [0.1, 0.15) is 17.6 Å². The molecule has 0 bridgehead atoms. The highest BCUT2D eigenvalue weighted by molar-refractivity contribution is 6.30. The molecular formula is C30H32ClFN2O2. The number of ether oxygens (including phenoxy) is 2. The van der Waals surface area contributed by atoms with Crippen molar-refractivity contribution in [3.8, 4) is 11.5 Å². The molecule has 2 aliphatic rings. The number of nitrogen functional groups attached to an aromatic ring is 1. The molecule has 0 aromatic heterocycles. The highest BCUT2D eigenvalue weighted by Crippen LogP contribution is 2.43. The quantitative estimate of drug-likeness (QED) is 0.358. The summed E-state index contributed by atoms with van der Waals surface area (Å²) in [6.45, 7) is 4.99. The lowest BCUT2D eigenvalue weighted by molar-refractivity contribution is 0.198. The SMILES string of the molecule is Cc1cc(Cl)ccc1C1=C(c2ccc(OC3CCN(CCCF)C3)cc2)c2ccc(N)cc2OCC1. The molecule has 4 nitrogen and oxygen atoms in total. The fraction of sp³-hybridized carbons (Fsp3) is 0.333. The Morgan fingerprint density at radius 3 is 2.67 bits per heavy atom. The molecule has 2 heterocycles. The summed E-state index contributed by atoms with van der Waals surface area (Å²) in [6, 6.07) is 20.3. The summed E-state index contributed by atoms with van der Waals surface area (Å²) in [7, 11) is 0. The van der Waals surface area contributed by atoms with Gasteiger partial charge in [0.15, 0.2) is 0 Å². The number of rotatable bonds is 7. The number of hydrogen-bond donors (Lipinski definition) is 1. The molecule has 0 amide bonds. The van der Waals surface area contributed by atoms with Crippen LogP contribution in [0.15, 0.2) is 60.7 Å². The fourth-order valence-corrected chi connectivity index (χ4v) is 5.48. The van der Waals surface area contributed by atoms with Crippen molar-refractivity contribution >= 4 is 28.4 Å². The number of nitrogens with zero attached hydrogens (tertiary/aromatic N) is 1. The molecule has 0 radical (unpaired) electrons. The lowest BCUT2D eigenvalue weighted by atomic mass is 9.86. The maximum Gasteiger partial charge on any atom is 0.129 e. The molecule has 1 unspecified atom stereocenters. The Kier molecular flexibility index (Phi) is 7.49. The Labute approximate surface area is 217 Å². The van der Waals surface area contributed by atoms with E-state index >= 15 is 0 Å². The molecule has 2 aliphatic heterocycles. The summed E-state index contributed by atoms with van der Waals surface area (Å²) < 4.78 is 24.9. The van der Waals surface area contributed by atoms with Crippen molar-refractivity contribution in [2.45, 2.75) is 32.3 Å². The summed E-state index contributed by atoms with van der Waals surface area (Å²) in [6.07, 6.45) is 2.45. The average Bonchev–Trinajstić information content (AvgIpc) is 3.22. The van der Waals surface area contributed by atoms with Gasteiger partial charge in [-0.15, -0.1) is 0 Å². The van der Waals surface area contributed by atoms with E-state index in [1.807, 2.05) is 42.5 Å². The third-order valence-electron chi connectivity index (χ3n) is 6.98. The van der Waals surface area contributed by atoms with E-state index in [4.69, 9.17) is 26.8 Å². The molecule has 6 heteroatoms. The van der Waals surface area contributed by atoms with Gasteiger partial charge in [-0.25, -0.2) is 0 Å². The molecule has 2 N–H and O–H groups in total. The van der Waals surface area contributed by atoms with E-state index in [1.165, 1.54) is 11.1 Å². The highest BCUT2D eigenvalue weighted by atomic mass is 35.5. The normalized spacial score (nSPS) is 18.0. The van der Waals surface area contributed by atoms with Gasteiger partial charge in [-0.1, -0.05) is 29.8 Å². The van der Waals surface area contributed by atoms with Gasteiger partial charge in [-0.2, -0.15) is 0 Å². The summed E-state index contributed by atoms with van der Waals surface area (Å²) in [5.74, 6) is 1.65. The Bertz CT molecular complexity index is 1260. The summed E-state index contributed by atoms with van der Waals surface area (Å²) in [5, 5.41) is 0.730. The summed E-state index contributed by atoms with van der Waals surface area (Å²) in [4.78, 5) is 2.28. The largest absolute Gasteiger partial charge is 0.493 e. The molecule has 0 aliphatic carbocycles. The van der Waals surface area contributed by atoms with Crippen LogP contribution in [0.3, 0.4) is 0 Å². The van der Waals surface area contributed by atoms with Crippen LogP contribution in [0.2, 0.25) is 5.02 Å². The number of anilines is 1. The molecule has 3 aromatic rings. The third kappa shape index (κ3) is 5.37. The van der Waals surface area contributed by atoms with E-state index in [2.05, 4.69) is 30.0 Å². The van der Waals surface area contributed by atoms with Crippen LogP contribution in [0.1, 0.15) is 41.5 Å². The number of alkyl halides is 1. The van der Waals surface area contributed by atoms with Crippen molar-refractivity contribution in [2.75, 3.05) is 38.6 Å². The van der Waals surface area contributed by atoms with E-state index in [0.717, 1.165) is 71.3 Å². The van der Waals surface area contributed by atoms with Crippen molar-refractivity contribution in [2.24, 2.45) is 0 Å². The third-order valence-corrected chi connectivity index (χ3v) is 7.22. The fourth-order valence-electron chi connectivity index (χ4n) is 5.25. The van der Waals surface area contributed by atoms with Crippen molar-refractivity contribution < 1.29 is 13.9 Å². The highest BCUT2D eigenvalue weighted by Gasteiger charge is 2.25. The van der Waals surface area contributed by atoms with Gasteiger partial charge in [-0.05, 0) is 84.0 Å². The molecule has 3 aromatic carbocycles. The first kappa shape index (κ1) is 24.7. The maximum atomic E-state index is 12.5.